The first-order valence-corrected chi connectivity index (χ1v) is 4.58. The first-order chi connectivity index (χ1) is 6.99. The number of nitrogens with zero attached hydrogens (tertiary/aromatic N) is 1. The Kier molecular flexibility index (Phi) is 3.57. The highest BCUT2D eigenvalue weighted by molar-refractivity contribution is 6.17. The van der Waals surface area contributed by atoms with Crippen molar-refractivity contribution in [2.24, 2.45) is 0 Å². The number of carbonyl (C=O) groups is 1. The Hall–Kier alpha value is -1.23. The van der Waals surface area contributed by atoms with E-state index in [1.165, 1.54) is 6.92 Å². The van der Waals surface area contributed by atoms with Crippen molar-refractivity contribution < 1.29 is 18.7 Å². The molecule has 0 saturated heterocycles. The molecule has 82 valence electrons. The van der Waals surface area contributed by atoms with Crippen LogP contribution in [0.2, 0.25) is 0 Å². The van der Waals surface area contributed by atoms with Crippen LogP contribution in [0, 0.1) is 6.92 Å². The van der Waals surface area contributed by atoms with Gasteiger partial charge in [0, 0.05) is 17.3 Å². The van der Waals surface area contributed by atoms with Gasteiger partial charge in [0.2, 0.25) is 0 Å². The van der Waals surface area contributed by atoms with Gasteiger partial charge in [0.15, 0.2) is 5.69 Å². The van der Waals surface area contributed by atoms with Gasteiger partial charge in [-0.2, -0.15) is 0 Å². The van der Waals surface area contributed by atoms with E-state index >= 15 is 0 Å². The van der Waals surface area contributed by atoms with Gasteiger partial charge in [-0.05, 0) is 12.5 Å². The molecule has 1 aromatic heterocycles. The molecule has 0 spiro atoms. The van der Waals surface area contributed by atoms with E-state index in [0.717, 1.165) is 6.20 Å². The van der Waals surface area contributed by atoms with Crippen molar-refractivity contribution in [2.75, 3.05) is 0 Å². The van der Waals surface area contributed by atoms with Gasteiger partial charge in [0.05, 0.1) is 5.88 Å². The fraction of sp³-hybridized carbons (Fsp3) is 0.333. The minimum Gasteiger partial charge on any atom is -0.477 e. The molecular weight excluding hydrogens is 228 g/mol. The van der Waals surface area contributed by atoms with E-state index in [0.29, 0.717) is 0 Å². The number of rotatable bonds is 3. The molecule has 1 N–H and O–H groups in total. The summed E-state index contributed by atoms with van der Waals surface area (Å²) in [6.45, 7) is 1.41. The highest BCUT2D eigenvalue weighted by Crippen LogP contribution is 2.26. The topological polar surface area (TPSA) is 50.2 Å². The van der Waals surface area contributed by atoms with Crippen LogP contribution in [0.15, 0.2) is 6.20 Å². The van der Waals surface area contributed by atoms with Crippen LogP contribution in [-0.2, 0) is 5.88 Å². The van der Waals surface area contributed by atoms with E-state index in [1.54, 1.807) is 0 Å². The Morgan fingerprint density at radius 1 is 1.67 bits per heavy atom. The minimum absolute atomic E-state index is 0.141. The van der Waals surface area contributed by atoms with E-state index < -0.39 is 12.4 Å². The zero-order valence-corrected chi connectivity index (χ0v) is 8.55. The second-order valence-electron chi connectivity index (χ2n) is 2.91. The van der Waals surface area contributed by atoms with Crippen molar-refractivity contribution in [3.8, 4) is 0 Å². The van der Waals surface area contributed by atoms with Crippen LogP contribution in [0.4, 0.5) is 8.78 Å². The van der Waals surface area contributed by atoms with Crippen LogP contribution in [0.3, 0.4) is 0 Å². The molecule has 1 aromatic rings. The van der Waals surface area contributed by atoms with Gasteiger partial charge in [0.25, 0.3) is 6.43 Å². The number of carboxylic acids is 1. The molecule has 1 heterocycles. The average Bonchev–Trinajstić information content (AvgIpc) is 2.16. The van der Waals surface area contributed by atoms with Gasteiger partial charge in [-0.25, -0.2) is 18.6 Å². The smallest absolute Gasteiger partial charge is 0.354 e. The number of hydrogen-bond donors (Lipinski definition) is 1. The minimum atomic E-state index is -2.68. The first kappa shape index (κ1) is 11.8. The fourth-order valence-electron chi connectivity index (χ4n) is 1.23. The molecule has 0 atom stereocenters. The summed E-state index contributed by atoms with van der Waals surface area (Å²) in [6.07, 6.45) is -1.80. The summed E-state index contributed by atoms with van der Waals surface area (Å²) in [6, 6.07) is 0. The van der Waals surface area contributed by atoms with Crippen molar-refractivity contribution in [3.05, 3.63) is 28.6 Å². The first-order valence-electron chi connectivity index (χ1n) is 4.04. The zero-order valence-electron chi connectivity index (χ0n) is 7.80. The highest BCUT2D eigenvalue weighted by atomic mass is 35.5. The lowest BCUT2D eigenvalue weighted by Gasteiger charge is -2.10. The molecule has 0 aliphatic rings. The number of halogens is 3. The van der Waals surface area contributed by atoms with Crippen LogP contribution in [0.5, 0.6) is 0 Å². The van der Waals surface area contributed by atoms with Crippen LogP contribution in [0.25, 0.3) is 0 Å². The van der Waals surface area contributed by atoms with E-state index in [9.17, 15) is 13.6 Å². The number of hydrogen-bond acceptors (Lipinski definition) is 2. The normalized spacial score (nSPS) is 10.7. The summed E-state index contributed by atoms with van der Waals surface area (Å²) in [5, 5.41) is 8.74. The van der Waals surface area contributed by atoms with Crippen LogP contribution < -0.4 is 0 Å². The molecule has 0 aliphatic heterocycles. The maximum Gasteiger partial charge on any atom is 0.354 e. The zero-order chi connectivity index (χ0) is 11.6. The van der Waals surface area contributed by atoms with Crippen LogP contribution in [0.1, 0.15) is 33.6 Å². The summed E-state index contributed by atoms with van der Waals surface area (Å²) >= 11 is 5.51. The van der Waals surface area contributed by atoms with E-state index in [-0.39, 0.29) is 28.3 Å². The third-order valence-electron chi connectivity index (χ3n) is 2.08. The summed E-state index contributed by atoms with van der Waals surface area (Å²) in [5.41, 5.74) is -0.225. The molecule has 15 heavy (non-hydrogen) atoms. The van der Waals surface area contributed by atoms with Crippen LogP contribution in [-0.4, -0.2) is 16.1 Å². The van der Waals surface area contributed by atoms with Crippen molar-refractivity contribution in [1.82, 2.24) is 4.98 Å². The molecule has 0 amide bonds. The number of carboxylic acid groups (broad SMARTS) is 1. The monoisotopic (exact) mass is 235 g/mol. The lowest BCUT2D eigenvalue weighted by molar-refractivity contribution is 0.0688. The van der Waals surface area contributed by atoms with E-state index in [1.807, 2.05) is 0 Å². The van der Waals surface area contributed by atoms with Gasteiger partial charge in [0.1, 0.15) is 0 Å². The Morgan fingerprint density at radius 2 is 2.27 bits per heavy atom. The third-order valence-corrected chi connectivity index (χ3v) is 2.34. The SMILES string of the molecule is Cc1c(C(F)F)cnc(C(=O)O)c1CCl. The maximum atomic E-state index is 12.4. The van der Waals surface area contributed by atoms with Crippen LogP contribution >= 0.6 is 11.6 Å². The highest BCUT2D eigenvalue weighted by Gasteiger charge is 2.19. The number of aromatic nitrogens is 1. The van der Waals surface area contributed by atoms with Gasteiger partial charge in [-0.15, -0.1) is 11.6 Å². The number of aromatic carboxylic acids is 1. The van der Waals surface area contributed by atoms with Crippen molar-refractivity contribution in [2.45, 2.75) is 19.2 Å². The summed E-state index contributed by atoms with van der Waals surface area (Å²) in [5.74, 6) is -1.42. The molecule has 1 rings (SSSR count). The lowest BCUT2D eigenvalue weighted by Crippen LogP contribution is -2.09. The average molecular weight is 236 g/mol. The molecule has 0 bridgehead atoms. The second-order valence-corrected chi connectivity index (χ2v) is 3.17. The molecule has 0 radical (unpaired) electrons. The van der Waals surface area contributed by atoms with Gasteiger partial charge >= 0.3 is 5.97 Å². The predicted octanol–water partition coefficient (Wildman–Crippen LogP) is 2.76. The molecule has 0 aromatic carbocycles. The molecule has 3 nitrogen and oxygen atoms in total. The Morgan fingerprint density at radius 3 is 2.67 bits per heavy atom. The standard InChI is InChI=1S/C9H8ClF2NO2/c1-4-5(2-10)7(9(14)15)13-3-6(4)8(11)12/h3,8H,2H2,1H3,(H,14,15). The Balaban J connectivity index is 3.39. The van der Waals surface area contributed by atoms with Gasteiger partial charge < -0.3 is 5.11 Å². The Bertz CT molecular complexity index is 396. The maximum absolute atomic E-state index is 12.4. The quantitative estimate of drug-likeness (QED) is 0.820. The van der Waals surface area contributed by atoms with Crippen molar-refractivity contribution in [3.63, 3.8) is 0 Å². The van der Waals surface area contributed by atoms with E-state index in [4.69, 9.17) is 16.7 Å². The fourth-order valence-corrected chi connectivity index (χ4v) is 1.56. The number of alkyl halides is 3. The molecular formula is C9H8ClF2NO2. The van der Waals surface area contributed by atoms with Crippen molar-refractivity contribution >= 4 is 17.6 Å². The summed E-state index contributed by atoms with van der Waals surface area (Å²) in [7, 11) is 0. The van der Waals surface area contributed by atoms with Gasteiger partial charge in [-0.1, -0.05) is 0 Å². The third kappa shape index (κ3) is 2.23. The molecule has 0 unspecified atom stereocenters. The number of pyridine rings is 1. The molecule has 0 fully saturated rings. The van der Waals surface area contributed by atoms with E-state index in [2.05, 4.69) is 4.98 Å². The second kappa shape index (κ2) is 4.53. The molecule has 0 saturated carbocycles. The summed E-state index contributed by atoms with van der Waals surface area (Å²) < 4.78 is 24.9. The predicted molar refractivity (Wildman–Crippen MR) is 50.4 cm³/mol. The molecule has 0 aliphatic carbocycles. The largest absolute Gasteiger partial charge is 0.477 e. The lowest BCUT2D eigenvalue weighted by atomic mass is 10.0. The Labute approximate surface area is 89.7 Å². The van der Waals surface area contributed by atoms with Gasteiger partial charge in [-0.3, -0.25) is 0 Å². The summed E-state index contributed by atoms with van der Waals surface area (Å²) in [4.78, 5) is 14.2. The molecule has 6 heteroatoms. The van der Waals surface area contributed by atoms with Crippen molar-refractivity contribution in [1.29, 1.82) is 0 Å².